The molecule has 0 radical (unpaired) electrons. The molecule has 0 atom stereocenters. The molecule has 1 fully saturated rings. The Morgan fingerprint density at radius 3 is 2.72 bits per heavy atom. The van der Waals surface area contributed by atoms with Crippen molar-refractivity contribution in [2.45, 2.75) is 45.4 Å². The van der Waals surface area contributed by atoms with Gasteiger partial charge in [-0.05, 0) is 32.4 Å². The second-order valence-electron chi connectivity index (χ2n) is 5.02. The number of rotatable bonds is 7. The number of unbranched alkanes of at least 4 members (excludes halogenated alkanes) is 2. The van der Waals surface area contributed by atoms with Crippen molar-refractivity contribution >= 4 is 5.91 Å². The average molecular weight is 251 g/mol. The van der Waals surface area contributed by atoms with Gasteiger partial charge in [0.05, 0.1) is 6.07 Å². The molecule has 4 heteroatoms. The second-order valence-corrected chi connectivity index (χ2v) is 5.02. The summed E-state index contributed by atoms with van der Waals surface area (Å²) >= 11 is 0. The van der Waals surface area contributed by atoms with E-state index in [-0.39, 0.29) is 11.8 Å². The molecule has 0 bridgehead atoms. The van der Waals surface area contributed by atoms with Crippen molar-refractivity contribution in [1.82, 2.24) is 10.2 Å². The number of nitriles is 1. The van der Waals surface area contributed by atoms with E-state index in [0.717, 1.165) is 45.4 Å². The highest BCUT2D eigenvalue weighted by Crippen LogP contribution is 2.17. The van der Waals surface area contributed by atoms with Crippen molar-refractivity contribution in [3.8, 4) is 6.07 Å². The number of piperidine rings is 1. The molecule has 0 aliphatic carbocycles. The van der Waals surface area contributed by atoms with Crippen molar-refractivity contribution in [3.63, 3.8) is 0 Å². The fourth-order valence-electron chi connectivity index (χ4n) is 2.36. The summed E-state index contributed by atoms with van der Waals surface area (Å²) in [5.41, 5.74) is 0. The summed E-state index contributed by atoms with van der Waals surface area (Å²) in [6.45, 7) is 5.74. The van der Waals surface area contributed by atoms with Crippen molar-refractivity contribution in [2.24, 2.45) is 5.92 Å². The molecule has 0 aromatic heterocycles. The SMILES string of the molecule is CCCCCNC(=O)C1CCN(CCC#N)CC1. The zero-order chi connectivity index (χ0) is 13.2. The average Bonchev–Trinajstić information content (AvgIpc) is 2.41. The Morgan fingerprint density at radius 1 is 1.39 bits per heavy atom. The number of hydrogen-bond acceptors (Lipinski definition) is 3. The summed E-state index contributed by atoms with van der Waals surface area (Å²) in [6.07, 6.45) is 5.92. The minimum atomic E-state index is 0.185. The van der Waals surface area contributed by atoms with Crippen molar-refractivity contribution < 1.29 is 4.79 Å². The molecule has 1 aliphatic rings. The van der Waals surface area contributed by atoms with Crippen LogP contribution in [-0.2, 0) is 4.79 Å². The van der Waals surface area contributed by atoms with E-state index in [1.807, 2.05) is 0 Å². The third-order valence-electron chi connectivity index (χ3n) is 3.58. The molecule has 1 aliphatic heterocycles. The zero-order valence-corrected chi connectivity index (χ0v) is 11.5. The van der Waals surface area contributed by atoms with Gasteiger partial charge in [-0.3, -0.25) is 4.79 Å². The van der Waals surface area contributed by atoms with Crippen LogP contribution < -0.4 is 5.32 Å². The van der Waals surface area contributed by atoms with Gasteiger partial charge in [0, 0.05) is 25.4 Å². The molecular weight excluding hydrogens is 226 g/mol. The molecule has 0 saturated carbocycles. The Bertz CT molecular complexity index is 277. The number of nitrogens with zero attached hydrogens (tertiary/aromatic N) is 2. The van der Waals surface area contributed by atoms with Crippen LogP contribution in [0.5, 0.6) is 0 Å². The maximum Gasteiger partial charge on any atom is 0.223 e. The highest BCUT2D eigenvalue weighted by molar-refractivity contribution is 5.78. The van der Waals surface area contributed by atoms with Crippen LogP contribution in [0.25, 0.3) is 0 Å². The summed E-state index contributed by atoms with van der Waals surface area (Å²) in [5.74, 6) is 0.413. The van der Waals surface area contributed by atoms with E-state index in [0.29, 0.717) is 6.42 Å². The number of nitrogens with one attached hydrogen (secondary N) is 1. The first kappa shape index (κ1) is 15.0. The standard InChI is InChI=1S/C14H25N3O/c1-2-3-4-9-16-14(18)13-6-11-17(12-7-13)10-5-8-15/h13H,2-7,9-12H2,1H3,(H,16,18). The normalized spacial score (nSPS) is 17.3. The molecule has 0 unspecified atom stereocenters. The van der Waals surface area contributed by atoms with Crippen LogP contribution in [0.2, 0.25) is 0 Å². The van der Waals surface area contributed by atoms with Gasteiger partial charge >= 0.3 is 0 Å². The van der Waals surface area contributed by atoms with Gasteiger partial charge in [0.15, 0.2) is 0 Å². The highest BCUT2D eigenvalue weighted by atomic mass is 16.1. The van der Waals surface area contributed by atoms with Crippen molar-refractivity contribution in [3.05, 3.63) is 0 Å². The van der Waals surface area contributed by atoms with Gasteiger partial charge in [0.2, 0.25) is 5.91 Å². The fourth-order valence-corrected chi connectivity index (χ4v) is 2.36. The predicted molar refractivity (Wildman–Crippen MR) is 71.9 cm³/mol. The lowest BCUT2D eigenvalue weighted by Gasteiger charge is -2.30. The lowest BCUT2D eigenvalue weighted by atomic mass is 9.96. The molecular formula is C14H25N3O. The quantitative estimate of drug-likeness (QED) is 0.703. The van der Waals surface area contributed by atoms with Gasteiger partial charge in [-0.15, -0.1) is 0 Å². The number of likely N-dealkylation sites (tertiary alicyclic amines) is 1. The van der Waals surface area contributed by atoms with E-state index < -0.39 is 0 Å². The van der Waals surface area contributed by atoms with E-state index in [2.05, 4.69) is 23.2 Å². The topological polar surface area (TPSA) is 56.1 Å². The largest absolute Gasteiger partial charge is 0.356 e. The molecule has 102 valence electrons. The van der Waals surface area contributed by atoms with Crippen LogP contribution in [0.1, 0.15) is 45.4 Å². The number of carbonyl (C=O) groups is 1. The van der Waals surface area contributed by atoms with Gasteiger partial charge in [-0.1, -0.05) is 19.8 Å². The Labute approximate surface area is 110 Å². The molecule has 1 rings (SSSR count). The highest BCUT2D eigenvalue weighted by Gasteiger charge is 2.24. The minimum absolute atomic E-state index is 0.185. The third-order valence-corrected chi connectivity index (χ3v) is 3.58. The minimum Gasteiger partial charge on any atom is -0.356 e. The number of carbonyl (C=O) groups excluding carboxylic acids is 1. The molecule has 4 nitrogen and oxygen atoms in total. The number of amides is 1. The smallest absolute Gasteiger partial charge is 0.223 e. The summed E-state index contributed by atoms with van der Waals surface area (Å²) in [4.78, 5) is 14.2. The van der Waals surface area contributed by atoms with Crippen LogP contribution >= 0.6 is 0 Å². The first-order chi connectivity index (χ1) is 8.77. The molecule has 1 heterocycles. The van der Waals surface area contributed by atoms with Crippen LogP contribution in [0.4, 0.5) is 0 Å². The van der Waals surface area contributed by atoms with Crippen LogP contribution in [0, 0.1) is 17.2 Å². The van der Waals surface area contributed by atoms with Gasteiger partial charge in [0.25, 0.3) is 0 Å². The van der Waals surface area contributed by atoms with Gasteiger partial charge in [-0.2, -0.15) is 5.26 Å². The maximum absolute atomic E-state index is 11.9. The van der Waals surface area contributed by atoms with Gasteiger partial charge < -0.3 is 10.2 Å². The predicted octanol–water partition coefficient (Wildman–Crippen LogP) is 1.92. The lowest BCUT2D eigenvalue weighted by molar-refractivity contribution is -0.126. The van der Waals surface area contributed by atoms with Crippen LogP contribution in [0.3, 0.4) is 0 Å². The van der Waals surface area contributed by atoms with Gasteiger partial charge in [0.1, 0.15) is 0 Å². The molecule has 0 spiro atoms. The van der Waals surface area contributed by atoms with Crippen LogP contribution in [-0.4, -0.2) is 37.0 Å². The van der Waals surface area contributed by atoms with Crippen molar-refractivity contribution in [2.75, 3.05) is 26.2 Å². The Hall–Kier alpha value is -1.08. The van der Waals surface area contributed by atoms with E-state index >= 15 is 0 Å². The fraction of sp³-hybridized carbons (Fsp3) is 0.857. The summed E-state index contributed by atoms with van der Waals surface area (Å²) < 4.78 is 0. The Morgan fingerprint density at radius 2 is 2.11 bits per heavy atom. The Kier molecular flexibility index (Phi) is 7.43. The van der Waals surface area contributed by atoms with E-state index in [4.69, 9.17) is 5.26 Å². The summed E-state index contributed by atoms with van der Waals surface area (Å²) in [6, 6.07) is 2.17. The maximum atomic E-state index is 11.9. The number of hydrogen-bond donors (Lipinski definition) is 1. The van der Waals surface area contributed by atoms with E-state index in [1.165, 1.54) is 12.8 Å². The summed E-state index contributed by atoms with van der Waals surface area (Å²) in [7, 11) is 0. The molecule has 0 aromatic carbocycles. The van der Waals surface area contributed by atoms with Crippen molar-refractivity contribution in [1.29, 1.82) is 5.26 Å². The molecule has 0 aromatic rings. The van der Waals surface area contributed by atoms with Crippen LogP contribution in [0.15, 0.2) is 0 Å². The Balaban J connectivity index is 2.13. The molecule has 18 heavy (non-hydrogen) atoms. The molecule has 1 N–H and O–H groups in total. The summed E-state index contributed by atoms with van der Waals surface area (Å²) in [5, 5.41) is 11.6. The molecule has 1 amide bonds. The second kappa shape index (κ2) is 8.93. The van der Waals surface area contributed by atoms with E-state index in [1.54, 1.807) is 0 Å². The van der Waals surface area contributed by atoms with Gasteiger partial charge in [-0.25, -0.2) is 0 Å². The third kappa shape index (κ3) is 5.50. The first-order valence-corrected chi connectivity index (χ1v) is 7.15. The lowest BCUT2D eigenvalue weighted by Crippen LogP contribution is -2.41. The first-order valence-electron chi connectivity index (χ1n) is 7.15. The van der Waals surface area contributed by atoms with E-state index in [9.17, 15) is 4.79 Å². The zero-order valence-electron chi connectivity index (χ0n) is 11.5. The molecule has 1 saturated heterocycles. The monoisotopic (exact) mass is 251 g/mol.